The highest BCUT2D eigenvalue weighted by Gasteiger charge is 2.19. The lowest BCUT2D eigenvalue weighted by atomic mass is 9.93. The Labute approximate surface area is 120 Å². The van der Waals surface area contributed by atoms with E-state index in [9.17, 15) is 4.39 Å². The predicted octanol–water partition coefficient (Wildman–Crippen LogP) is 3.32. The van der Waals surface area contributed by atoms with Gasteiger partial charge in [0.25, 0.3) is 0 Å². The van der Waals surface area contributed by atoms with Gasteiger partial charge in [0.1, 0.15) is 5.82 Å². The molecule has 0 unspecified atom stereocenters. The largest absolute Gasteiger partial charge is 0.330 e. The minimum Gasteiger partial charge on any atom is -0.330 e. The summed E-state index contributed by atoms with van der Waals surface area (Å²) in [4.78, 5) is 2.06. The molecule has 5 heteroatoms. The molecule has 0 saturated carbocycles. The molecule has 0 saturated heterocycles. The lowest BCUT2D eigenvalue weighted by Gasteiger charge is -2.29. The molecule has 1 aromatic carbocycles. The molecule has 1 aromatic rings. The summed E-state index contributed by atoms with van der Waals surface area (Å²) in [5.41, 5.74) is 6.33. The Morgan fingerprint density at radius 1 is 1.39 bits per heavy atom. The molecule has 0 aliphatic carbocycles. The van der Waals surface area contributed by atoms with Gasteiger partial charge in [-0.2, -0.15) is 0 Å². The third-order valence-electron chi connectivity index (χ3n) is 2.72. The average Bonchev–Trinajstić information content (AvgIpc) is 2.24. The Kier molecular flexibility index (Phi) is 7.15. The first-order valence-electron chi connectivity index (χ1n) is 5.67. The van der Waals surface area contributed by atoms with Crippen molar-refractivity contribution in [2.75, 3.05) is 20.1 Å². The third kappa shape index (κ3) is 5.11. The predicted molar refractivity (Wildman–Crippen MR) is 77.8 cm³/mol. The Morgan fingerprint density at radius 3 is 2.56 bits per heavy atom. The molecular formula is C13H21Cl2FN2. The third-order valence-corrected chi connectivity index (χ3v) is 3.01. The molecule has 0 fully saturated rings. The van der Waals surface area contributed by atoms with E-state index in [1.807, 2.05) is 7.05 Å². The van der Waals surface area contributed by atoms with Gasteiger partial charge in [-0.1, -0.05) is 37.6 Å². The summed E-state index contributed by atoms with van der Waals surface area (Å²) in [6.07, 6.45) is 0. The van der Waals surface area contributed by atoms with E-state index in [4.69, 9.17) is 17.3 Å². The Hall–Kier alpha value is -0.350. The van der Waals surface area contributed by atoms with Gasteiger partial charge in [0.15, 0.2) is 0 Å². The van der Waals surface area contributed by atoms with E-state index >= 15 is 0 Å². The molecule has 2 nitrogen and oxygen atoms in total. The monoisotopic (exact) mass is 294 g/mol. The maximum Gasteiger partial charge on any atom is 0.146 e. The van der Waals surface area contributed by atoms with Gasteiger partial charge in [-0.25, -0.2) is 4.39 Å². The molecule has 0 aliphatic rings. The molecule has 18 heavy (non-hydrogen) atoms. The molecule has 0 spiro atoms. The molecule has 0 aliphatic heterocycles. The van der Waals surface area contributed by atoms with Crippen LogP contribution in [-0.4, -0.2) is 25.0 Å². The number of hydrogen-bond acceptors (Lipinski definition) is 2. The summed E-state index contributed by atoms with van der Waals surface area (Å²) in [6.45, 7) is 6.15. The van der Waals surface area contributed by atoms with Gasteiger partial charge in [0.05, 0.1) is 5.02 Å². The second-order valence-corrected chi connectivity index (χ2v) is 5.66. The lowest BCUT2D eigenvalue weighted by Crippen LogP contribution is -2.36. The SMILES string of the molecule is CN(Cc1cccc(Cl)c1F)CC(C)(C)CN.Cl. The topological polar surface area (TPSA) is 29.3 Å². The van der Waals surface area contributed by atoms with Gasteiger partial charge in [-0.05, 0) is 25.1 Å². The van der Waals surface area contributed by atoms with Gasteiger partial charge >= 0.3 is 0 Å². The molecule has 2 N–H and O–H groups in total. The minimum absolute atomic E-state index is 0. The number of nitrogens with two attached hydrogens (primary N) is 1. The highest BCUT2D eigenvalue weighted by molar-refractivity contribution is 6.30. The van der Waals surface area contributed by atoms with Crippen LogP contribution in [0.4, 0.5) is 4.39 Å². The molecule has 0 amide bonds. The van der Waals surface area contributed by atoms with Gasteiger partial charge in [-0.15, -0.1) is 12.4 Å². The van der Waals surface area contributed by atoms with E-state index in [0.29, 0.717) is 18.7 Å². The molecule has 0 aromatic heterocycles. The molecule has 0 heterocycles. The van der Waals surface area contributed by atoms with Crippen LogP contribution in [0, 0.1) is 11.2 Å². The zero-order chi connectivity index (χ0) is 13.1. The van der Waals surface area contributed by atoms with Gasteiger partial charge in [-0.3, -0.25) is 0 Å². The molecular weight excluding hydrogens is 274 g/mol. The number of benzene rings is 1. The standard InChI is InChI=1S/C13H20ClFN2.ClH/c1-13(2,8-16)9-17(3)7-10-5-4-6-11(14)12(10)15;/h4-6H,7-9,16H2,1-3H3;1H. The van der Waals surface area contributed by atoms with Crippen molar-refractivity contribution in [3.63, 3.8) is 0 Å². The van der Waals surface area contributed by atoms with Crippen LogP contribution in [0.2, 0.25) is 5.02 Å². The van der Waals surface area contributed by atoms with Crippen molar-refractivity contribution in [3.8, 4) is 0 Å². The first-order valence-corrected chi connectivity index (χ1v) is 6.05. The fourth-order valence-electron chi connectivity index (χ4n) is 1.81. The van der Waals surface area contributed by atoms with Crippen LogP contribution in [0.5, 0.6) is 0 Å². The van der Waals surface area contributed by atoms with Crippen molar-refractivity contribution < 1.29 is 4.39 Å². The normalized spacial score (nSPS) is 11.5. The second kappa shape index (κ2) is 7.29. The number of hydrogen-bond donors (Lipinski definition) is 1. The summed E-state index contributed by atoms with van der Waals surface area (Å²) in [6, 6.07) is 5.08. The molecule has 0 radical (unpaired) electrons. The lowest BCUT2D eigenvalue weighted by molar-refractivity contribution is 0.208. The number of rotatable bonds is 5. The summed E-state index contributed by atoms with van der Waals surface area (Å²) in [7, 11) is 1.96. The highest BCUT2D eigenvalue weighted by Crippen LogP contribution is 2.20. The van der Waals surface area contributed by atoms with E-state index in [-0.39, 0.29) is 28.7 Å². The minimum atomic E-state index is -0.327. The summed E-state index contributed by atoms with van der Waals surface area (Å²) in [5, 5.41) is 0.175. The van der Waals surface area contributed by atoms with Gasteiger partial charge < -0.3 is 10.6 Å². The molecule has 1 rings (SSSR count). The van der Waals surface area contributed by atoms with E-state index < -0.39 is 0 Å². The quantitative estimate of drug-likeness (QED) is 0.903. The maximum absolute atomic E-state index is 13.7. The Balaban J connectivity index is 0.00000289. The smallest absolute Gasteiger partial charge is 0.146 e. The van der Waals surface area contributed by atoms with E-state index in [1.54, 1.807) is 18.2 Å². The fraction of sp³-hybridized carbons (Fsp3) is 0.538. The zero-order valence-corrected chi connectivity index (χ0v) is 12.6. The van der Waals surface area contributed by atoms with Crippen LogP contribution in [-0.2, 0) is 6.54 Å². The first-order chi connectivity index (χ1) is 7.85. The van der Waals surface area contributed by atoms with Crippen LogP contribution in [0.3, 0.4) is 0 Å². The van der Waals surface area contributed by atoms with Crippen molar-refractivity contribution >= 4 is 24.0 Å². The van der Waals surface area contributed by atoms with Crippen molar-refractivity contribution in [1.29, 1.82) is 0 Å². The van der Waals surface area contributed by atoms with E-state index in [1.165, 1.54) is 0 Å². The fourth-order valence-corrected chi connectivity index (χ4v) is 2.01. The van der Waals surface area contributed by atoms with Crippen LogP contribution < -0.4 is 5.73 Å². The van der Waals surface area contributed by atoms with E-state index in [0.717, 1.165) is 6.54 Å². The summed E-state index contributed by atoms with van der Waals surface area (Å²) < 4.78 is 13.7. The van der Waals surface area contributed by atoms with Crippen molar-refractivity contribution in [1.82, 2.24) is 4.90 Å². The molecule has 0 bridgehead atoms. The maximum atomic E-state index is 13.7. The van der Waals surface area contributed by atoms with Crippen LogP contribution >= 0.6 is 24.0 Å². The second-order valence-electron chi connectivity index (χ2n) is 5.25. The molecule has 0 atom stereocenters. The number of nitrogens with zero attached hydrogens (tertiary/aromatic N) is 1. The van der Waals surface area contributed by atoms with Crippen LogP contribution in [0.1, 0.15) is 19.4 Å². The molecule has 104 valence electrons. The first kappa shape index (κ1) is 17.6. The van der Waals surface area contributed by atoms with Crippen molar-refractivity contribution in [2.45, 2.75) is 20.4 Å². The van der Waals surface area contributed by atoms with Gasteiger partial charge in [0, 0.05) is 18.7 Å². The van der Waals surface area contributed by atoms with Gasteiger partial charge in [0.2, 0.25) is 0 Å². The average molecular weight is 295 g/mol. The van der Waals surface area contributed by atoms with Crippen molar-refractivity contribution in [2.24, 2.45) is 11.1 Å². The highest BCUT2D eigenvalue weighted by atomic mass is 35.5. The Morgan fingerprint density at radius 2 is 2.00 bits per heavy atom. The zero-order valence-electron chi connectivity index (χ0n) is 11.0. The summed E-state index contributed by atoms with van der Waals surface area (Å²) >= 11 is 5.74. The van der Waals surface area contributed by atoms with Crippen molar-refractivity contribution in [3.05, 3.63) is 34.6 Å². The number of halogens is 3. The van der Waals surface area contributed by atoms with Crippen LogP contribution in [0.15, 0.2) is 18.2 Å². The van der Waals surface area contributed by atoms with Crippen LogP contribution in [0.25, 0.3) is 0 Å². The van der Waals surface area contributed by atoms with E-state index in [2.05, 4.69) is 18.7 Å². The Bertz CT molecular complexity index is 383. The summed E-state index contributed by atoms with van der Waals surface area (Å²) in [5.74, 6) is -0.327.